The fourth-order valence-electron chi connectivity index (χ4n) is 4.45. The molecule has 2 fully saturated rings. The maximum absolute atomic E-state index is 12.5. The monoisotopic (exact) mass is 354 g/mol. The van der Waals surface area contributed by atoms with Crippen LogP contribution in [0.1, 0.15) is 32.1 Å². The molecule has 3 N–H and O–H groups in total. The summed E-state index contributed by atoms with van der Waals surface area (Å²) >= 11 is 0. The Morgan fingerprint density at radius 1 is 1.15 bits per heavy atom. The van der Waals surface area contributed by atoms with E-state index in [1.165, 1.54) is 12.8 Å². The van der Waals surface area contributed by atoms with Crippen molar-refractivity contribution in [1.82, 2.24) is 15.2 Å². The highest BCUT2D eigenvalue weighted by molar-refractivity contribution is 5.94. The zero-order valence-corrected chi connectivity index (χ0v) is 15.1. The minimum absolute atomic E-state index is 0.0440. The van der Waals surface area contributed by atoms with E-state index in [0.29, 0.717) is 24.4 Å². The lowest BCUT2D eigenvalue weighted by atomic mass is 9.89. The highest BCUT2D eigenvalue weighted by Gasteiger charge is 2.34. The second-order valence-corrected chi connectivity index (χ2v) is 7.62. The Hall–Kier alpha value is -2.34. The Bertz CT molecular complexity index is 816. The van der Waals surface area contributed by atoms with Crippen LogP contribution in [-0.4, -0.2) is 35.5 Å². The molecule has 3 heterocycles. The van der Waals surface area contributed by atoms with Gasteiger partial charge in [0.15, 0.2) is 0 Å². The number of nitrogens with zero attached hydrogens (tertiary/aromatic N) is 1. The van der Waals surface area contributed by atoms with E-state index >= 15 is 0 Å². The summed E-state index contributed by atoms with van der Waals surface area (Å²) in [6, 6.07) is 9.05. The van der Waals surface area contributed by atoms with Crippen LogP contribution in [0.4, 0.5) is 5.69 Å². The van der Waals surface area contributed by atoms with Crippen LogP contribution < -0.4 is 16.0 Å². The standard InChI is InChI=1S/C20H26N4O2/c1-21-20(26)12-24-7-6-14-2-3-17(11-18(14)24)23-19(25)10-13-8-15-4-5-16(9-13)22-15/h2-3,6-7,11,13,15-16,22H,4-5,8-10,12H2,1H3,(H,21,26)(H,23,25). The largest absolute Gasteiger partial charge is 0.358 e. The van der Waals surface area contributed by atoms with Gasteiger partial charge in [-0.25, -0.2) is 0 Å². The summed E-state index contributed by atoms with van der Waals surface area (Å²) in [7, 11) is 1.63. The molecule has 0 spiro atoms. The summed E-state index contributed by atoms with van der Waals surface area (Å²) < 4.78 is 1.90. The molecule has 26 heavy (non-hydrogen) atoms. The van der Waals surface area contributed by atoms with E-state index in [4.69, 9.17) is 0 Å². The van der Waals surface area contributed by atoms with Gasteiger partial charge in [0.05, 0.1) is 5.52 Å². The molecule has 1 aromatic carbocycles. The molecule has 2 unspecified atom stereocenters. The van der Waals surface area contributed by atoms with Crippen molar-refractivity contribution in [2.75, 3.05) is 12.4 Å². The van der Waals surface area contributed by atoms with Gasteiger partial charge in [0.2, 0.25) is 11.8 Å². The fraction of sp³-hybridized carbons (Fsp3) is 0.500. The first-order chi connectivity index (χ1) is 12.6. The Morgan fingerprint density at radius 3 is 2.65 bits per heavy atom. The van der Waals surface area contributed by atoms with Crippen molar-refractivity contribution in [3.63, 3.8) is 0 Å². The number of nitrogens with one attached hydrogen (secondary N) is 3. The number of likely N-dealkylation sites (N-methyl/N-ethyl adjacent to an activating group) is 1. The summed E-state index contributed by atoms with van der Waals surface area (Å²) in [6.45, 7) is 0.273. The SMILES string of the molecule is CNC(=O)Cn1ccc2ccc(NC(=O)CC3CC4CCC(C3)N4)cc21. The van der Waals surface area contributed by atoms with E-state index in [-0.39, 0.29) is 18.4 Å². The maximum atomic E-state index is 12.5. The van der Waals surface area contributed by atoms with Crippen molar-refractivity contribution in [3.05, 3.63) is 30.5 Å². The number of aromatic nitrogens is 1. The predicted molar refractivity (Wildman–Crippen MR) is 102 cm³/mol. The van der Waals surface area contributed by atoms with Gasteiger partial charge >= 0.3 is 0 Å². The summed E-state index contributed by atoms with van der Waals surface area (Å²) in [5.41, 5.74) is 1.74. The zero-order valence-electron chi connectivity index (χ0n) is 15.1. The number of amides is 2. The Morgan fingerprint density at radius 2 is 1.92 bits per heavy atom. The molecule has 0 saturated carbocycles. The van der Waals surface area contributed by atoms with E-state index in [2.05, 4.69) is 16.0 Å². The van der Waals surface area contributed by atoms with Gasteiger partial charge in [-0.05, 0) is 55.2 Å². The van der Waals surface area contributed by atoms with Gasteiger partial charge in [-0.2, -0.15) is 0 Å². The smallest absolute Gasteiger partial charge is 0.239 e. The van der Waals surface area contributed by atoms with Gasteiger partial charge in [-0.3, -0.25) is 9.59 Å². The van der Waals surface area contributed by atoms with E-state index < -0.39 is 0 Å². The molecule has 2 amide bonds. The predicted octanol–water partition coefficient (Wildman–Crippen LogP) is 2.25. The number of piperidine rings is 1. The Kier molecular flexibility index (Phi) is 4.68. The lowest BCUT2D eigenvalue weighted by molar-refractivity contribution is -0.121. The van der Waals surface area contributed by atoms with Crippen molar-refractivity contribution < 1.29 is 9.59 Å². The van der Waals surface area contributed by atoms with E-state index in [1.807, 2.05) is 35.0 Å². The first kappa shape index (κ1) is 17.1. The lowest BCUT2D eigenvalue weighted by Crippen LogP contribution is -2.39. The first-order valence-electron chi connectivity index (χ1n) is 9.46. The van der Waals surface area contributed by atoms with Crippen molar-refractivity contribution in [3.8, 4) is 0 Å². The van der Waals surface area contributed by atoms with Crippen LogP contribution in [-0.2, 0) is 16.1 Å². The molecular formula is C20H26N4O2. The molecule has 2 atom stereocenters. The summed E-state index contributed by atoms with van der Waals surface area (Å²) in [5.74, 6) is 0.520. The van der Waals surface area contributed by atoms with Crippen LogP contribution in [0.3, 0.4) is 0 Å². The summed E-state index contributed by atoms with van der Waals surface area (Å²) in [6.07, 6.45) is 7.21. The van der Waals surface area contributed by atoms with Crippen molar-refractivity contribution in [2.24, 2.45) is 5.92 Å². The number of benzene rings is 1. The number of hydrogen-bond acceptors (Lipinski definition) is 3. The second-order valence-electron chi connectivity index (χ2n) is 7.62. The molecule has 0 radical (unpaired) electrons. The fourth-order valence-corrected chi connectivity index (χ4v) is 4.45. The van der Waals surface area contributed by atoms with Crippen LogP contribution in [0.25, 0.3) is 10.9 Å². The van der Waals surface area contributed by atoms with Crippen LogP contribution in [0.5, 0.6) is 0 Å². The van der Waals surface area contributed by atoms with Gasteiger partial charge in [0.25, 0.3) is 0 Å². The molecule has 2 aromatic rings. The van der Waals surface area contributed by atoms with Crippen LogP contribution in [0, 0.1) is 5.92 Å². The van der Waals surface area contributed by atoms with Gasteiger partial charge in [0, 0.05) is 37.4 Å². The first-order valence-corrected chi connectivity index (χ1v) is 9.46. The maximum Gasteiger partial charge on any atom is 0.239 e. The Balaban J connectivity index is 1.42. The third kappa shape index (κ3) is 3.60. The number of anilines is 1. The van der Waals surface area contributed by atoms with Gasteiger partial charge in [-0.1, -0.05) is 6.07 Å². The molecule has 0 aliphatic carbocycles. The average Bonchev–Trinajstić information content (AvgIpc) is 3.17. The second kappa shape index (κ2) is 7.11. The highest BCUT2D eigenvalue weighted by Crippen LogP contribution is 2.33. The molecule has 2 aliphatic rings. The Labute approximate surface area is 153 Å². The molecule has 6 nitrogen and oxygen atoms in total. The summed E-state index contributed by atoms with van der Waals surface area (Å²) in [4.78, 5) is 24.2. The number of carbonyl (C=O) groups excluding carboxylic acids is 2. The minimum atomic E-state index is -0.0440. The number of hydrogen-bond donors (Lipinski definition) is 3. The summed E-state index contributed by atoms with van der Waals surface area (Å²) in [5, 5.41) is 10.4. The molecule has 2 saturated heterocycles. The molecule has 1 aromatic heterocycles. The van der Waals surface area contributed by atoms with E-state index in [1.54, 1.807) is 7.05 Å². The molecule has 138 valence electrons. The average molecular weight is 354 g/mol. The molecule has 2 aliphatic heterocycles. The van der Waals surface area contributed by atoms with Crippen molar-refractivity contribution in [2.45, 2.75) is 50.7 Å². The van der Waals surface area contributed by atoms with Crippen molar-refractivity contribution in [1.29, 1.82) is 0 Å². The van der Waals surface area contributed by atoms with Crippen molar-refractivity contribution >= 4 is 28.4 Å². The van der Waals surface area contributed by atoms with Crippen LogP contribution in [0.2, 0.25) is 0 Å². The number of fused-ring (bicyclic) bond motifs is 3. The number of carbonyl (C=O) groups is 2. The minimum Gasteiger partial charge on any atom is -0.358 e. The van der Waals surface area contributed by atoms with Gasteiger partial charge in [0.1, 0.15) is 6.54 Å². The number of rotatable bonds is 5. The quantitative estimate of drug-likeness (QED) is 0.771. The van der Waals surface area contributed by atoms with E-state index in [9.17, 15) is 9.59 Å². The third-order valence-electron chi connectivity index (χ3n) is 5.70. The molecular weight excluding hydrogens is 328 g/mol. The van der Waals surface area contributed by atoms with E-state index in [0.717, 1.165) is 29.4 Å². The van der Waals surface area contributed by atoms with Crippen LogP contribution in [0.15, 0.2) is 30.5 Å². The van der Waals surface area contributed by atoms with Gasteiger partial charge < -0.3 is 20.5 Å². The molecule has 4 rings (SSSR count). The highest BCUT2D eigenvalue weighted by atomic mass is 16.2. The lowest BCUT2D eigenvalue weighted by Gasteiger charge is -2.28. The molecule has 2 bridgehead atoms. The molecule has 6 heteroatoms. The normalized spacial score (nSPS) is 24.6. The van der Waals surface area contributed by atoms with Gasteiger partial charge in [-0.15, -0.1) is 0 Å². The topological polar surface area (TPSA) is 75.2 Å². The zero-order chi connectivity index (χ0) is 18.1. The third-order valence-corrected chi connectivity index (χ3v) is 5.70. The van der Waals surface area contributed by atoms with Crippen LogP contribution >= 0.6 is 0 Å².